The smallest absolute Gasteiger partial charge is 0.323 e. The molecule has 12 heteroatoms. The number of carbonyl (C=O) groups is 2. The van der Waals surface area contributed by atoms with Crippen LogP contribution in [-0.4, -0.2) is 59.5 Å². The highest BCUT2D eigenvalue weighted by Gasteiger charge is 2.42. The Bertz CT molecular complexity index is 1240. The third-order valence-electron chi connectivity index (χ3n) is 5.60. The third kappa shape index (κ3) is 5.29. The van der Waals surface area contributed by atoms with E-state index in [1.165, 1.54) is 15.5 Å². The summed E-state index contributed by atoms with van der Waals surface area (Å²) in [6.45, 7) is 6.97. The highest BCUT2D eigenvalue weighted by molar-refractivity contribution is 7.91. The van der Waals surface area contributed by atoms with Gasteiger partial charge in [-0.3, -0.25) is 23.7 Å². The van der Waals surface area contributed by atoms with Crippen LogP contribution < -0.4 is 15.6 Å². The van der Waals surface area contributed by atoms with Gasteiger partial charge in [0.2, 0.25) is 16.4 Å². The fraction of sp³-hybridized carbons (Fsp3) is 0.318. The van der Waals surface area contributed by atoms with Gasteiger partial charge in [0, 0.05) is 11.4 Å². The van der Waals surface area contributed by atoms with Gasteiger partial charge in [0.15, 0.2) is 6.29 Å². The number of pyridine rings is 1. The molecule has 0 saturated carbocycles. The van der Waals surface area contributed by atoms with Crippen LogP contribution in [-0.2, 0) is 25.4 Å². The Morgan fingerprint density at radius 2 is 1.88 bits per heavy atom. The molecule has 34 heavy (non-hydrogen) atoms. The highest BCUT2D eigenvalue weighted by Crippen LogP contribution is 2.35. The summed E-state index contributed by atoms with van der Waals surface area (Å²) in [5.74, 6) is -1.45. The molecule has 2 aromatic rings. The van der Waals surface area contributed by atoms with Crippen molar-refractivity contribution < 1.29 is 23.1 Å². The molecule has 2 atom stereocenters. The minimum atomic E-state index is -3.91. The molecule has 0 radical (unpaired) electrons. The fourth-order valence-electron chi connectivity index (χ4n) is 3.94. The van der Waals surface area contributed by atoms with E-state index in [2.05, 4.69) is 16.6 Å². The third-order valence-corrected chi connectivity index (χ3v) is 6.85. The zero-order valence-electron chi connectivity index (χ0n) is 18.8. The van der Waals surface area contributed by atoms with Crippen molar-refractivity contribution >= 4 is 28.1 Å². The highest BCUT2D eigenvalue weighted by atomic mass is 32.2. The molecule has 1 saturated heterocycles. The number of anilines is 1. The minimum Gasteiger partial charge on any atom is -0.480 e. The van der Waals surface area contributed by atoms with Crippen molar-refractivity contribution in [1.82, 2.24) is 19.7 Å². The van der Waals surface area contributed by atoms with E-state index in [0.29, 0.717) is 23.4 Å². The maximum Gasteiger partial charge on any atom is 0.323 e. The Hall–Kier alpha value is -3.64. The predicted octanol–water partition coefficient (Wildman–Crippen LogP) is 0.863. The van der Waals surface area contributed by atoms with E-state index in [4.69, 9.17) is 0 Å². The summed E-state index contributed by atoms with van der Waals surface area (Å²) >= 11 is 0. The summed E-state index contributed by atoms with van der Waals surface area (Å²) < 4.78 is 29.1. The van der Waals surface area contributed by atoms with Crippen molar-refractivity contribution in [2.45, 2.75) is 31.9 Å². The molecule has 1 aromatic heterocycles. The quantitative estimate of drug-likeness (QED) is 0.418. The first kappa shape index (κ1) is 25.0. The second-order valence-corrected chi connectivity index (χ2v) is 9.66. The van der Waals surface area contributed by atoms with Gasteiger partial charge in [0.1, 0.15) is 12.2 Å². The van der Waals surface area contributed by atoms with Gasteiger partial charge >= 0.3 is 5.97 Å². The molecule has 1 amide bonds. The van der Waals surface area contributed by atoms with Gasteiger partial charge in [0.05, 0.1) is 18.5 Å². The number of nitrogens with one attached hydrogen (secondary N) is 2. The molecular formula is C22H27N5O6S. The van der Waals surface area contributed by atoms with Crippen LogP contribution in [0.5, 0.6) is 0 Å². The number of aryl methyl sites for hydroxylation is 1. The normalized spacial score (nSPS) is 18.6. The maximum atomic E-state index is 13.5. The Morgan fingerprint density at radius 3 is 2.50 bits per heavy atom. The lowest BCUT2D eigenvalue weighted by Gasteiger charge is -2.33. The monoisotopic (exact) mass is 489 g/mol. The first-order valence-electron chi connectivity index (χ1n) is 10.4. The summed E-state index contributed by atoms with van der Waals surface area (Å²) in [7, 11) is -3.91. The van der Waals surface area contributed by atoms with Crippen molar-refractivity contribution in [2.24, 2.45) is 0 Å². The number of hydrogen-bond donors (Lipinski definition) is 3. The van der Waals surface area contributed by atoms with Crippen LogP contribution in [0.2, 0.25) is 0 Å². The molecule has 0 spiro atoms. The zero-order valence-corrected chi connectivity index (χ0v) is 19.7. The van der Waals surface area contributed by atoms with E-state index in [1.54, 1.807) is 55.1 Å². The Balaban J connectivity index is 2.04. The summed E-state index contributed by atoms with van der Waals surface area (Å²) in [5.41, 5.74) is 0.637. The Labute approximate surface area is 197 Å². The number of aliphatic carboxylic acids is 1. The largest absolute Gasteiger partial charge is 0.480 e. The van der Waals surface area contributed by atoms with Crippen LogP contribution in [0, 0.1) is 6.92 Å². The van der Waals surface area contributed by atoms with Crippen molar-refractivity contribution in [2.75, 3.05) is 17.9 Å². The number of carboxylic acid groups (broad SMARTS) is 1. The van der Waals surface area contributed by atoms with Crippen LogP contribution in [0.4, 0.5) is 5.69 Å². The van der Waals surface area contributed by atoms with E-state index < -0.39 is 40.4 Å². The number of carboxylic acids is 1. The standard InChI is InChI=1S/C22H27N5O6S/c1-15-9-10-19(24-34(32,33)12-18-7-5-4-6-8-18)21(31)27(15)22-25(11-20(29)30)16(2)17(3)26(22)13-23-14-28/h4-10,14,17,22,24H,2,11-13H2,1,3H3,(H,23,28)(H,29,30). The molecule has 2 heterocycles. The lowest BCUT2D eigenvalue weighted by molar-refractivity contribution is -0.139. The molecule has 1 aliphatic rings. The van der Waals surface area contributed by atoms with E-state index in [1.807, 2.05) is 0 Å². The number of sulfonamides is 1. The first-order chi connectivity index (χ1) is 16.1. The van der Waals surface area contributed by atoms with Gasteiger partial charge in [-0.2, -0.15) is 0 Å². The van der Waals surface area contributed by atoms with E-state index in [-0.39, 0.29) is 18.1 Å². The Kier molecular flexibility index (Phi) is 7.42. The number of hydrogen-bond acceptors (Lipinski definition) is 7. The van der Waals surface area contributed by atoms with Crippen molar-refractivity contribution in [3.8, 4) is 0 Å². The van der Waals surface area contributed by atoms with Gasteiger partial charge in [-0.1, -0.05) is 36.9 Å². The van der Waals surface area contributed by atoms with Crippen LogP contribution in [0.15, 0.2) is 59.5 Å². The lowest BCUT2D eigenvalue weighted by atomic mass is 10.2. The molecule has 1 fully saturated rings. The topological polar surface area (TPSA) is 141 Å². The average molecular weight is 490 g/mol. The van der Waals surface area contributed by atoms with Crippen LogP contribution in [0.3, 0.4) is 0 Å². The van der Waals surface area contributed by atoms with Gasteiger partial charge < -0.3 is 15.3 Å². The average Bonchev–Trinajstić information content (AvgIpc) is 2.99. The molecule has 0 aliphatic carbocycles. The van der Waals surface area contributed by atoms with E-state index >= 15 is 0 Å². The lowest BCUT2D eigenvalue weighted by Crippen LogP contribution is -2.47. The summed E-state index contributed by atoms with van der Waals surface area (Å²) in [4.78, 5) is 39.1. The number of nitrogens with zero attached hydrogens (tertiary/aromatic N) is 3. The van der Waals surface area contributed by atoms with Crippen LogP contribution in [0.1, 0.15) is 24.5 Å². The van der Waals surface area contributed by atoms with E-state index in [9.17, 15) is 27.9 Å². The van der Waals surface area contributed by atoms with Crippen molar-refractivity contribution in [3.05, 3.63) is 76.4 Å². The predicted molar refractivity (Wildman–Crippen MR) is 126 cm³/mol. The summed E-state index contributed by atoms with van der Waals surface area (Å²) in [5, 5.41) is 12.0. The number of rotatable bonds is 10. The van der Waals surface area contributed by atoms with Crippen molar-refractivity contribution in [1.29, 1.82) is 0 Å². The van der Waals surface area contributed by atoms with Crippen LogP contribution in [0.25, 0.3) is 0 Å². The molecule has 0 bridgehead atoms. The van der Waals surface area contributed by atoms with Gasteiger partial charge in [0.25, 0.3) is 5.56 Å². The van der Waals surface area contributed by atoms with Crippen LogP contribution >= 0.6 is 0 Å². The second kappa shape index (κ2) is 10.1. The zero-order chi connectivity index (χ0) is 25.0. The minimum absolute atomic E-state index is 0.0142. The maximum absolute atomic E-state index is 13.5. The van der Waals surface area contributed by atoms with Gasteiger partial charge in [-0.15, -0.1) is 0 Å². The number of carbonyl (C=O) groups excluding carboxylic acids is 1. The molecule has 3 N–H and O–H groups in total. The summed E-state index contributed by atoms with van der Waals surface area (Å²) in [6.07, 6.45) is -0.451. The number of aromatic nitrogens is 1. The van der Waals surface area contributed by atoms with Gasteiger partial charge in [-0.25, -0.2) is 13.3 Å². The fourth-order valence-corrected chi connectivity index (χ4v) is 5.14. The molecule has 3 rings (SSSR count). The molecule has 1 aromatic carbocycles. The molecule has 11 nitrogen and oxygen atoms in total. The SMILES string of the molecule is C=C1C(C)N(CNC=O)C(n2c(C)ccc(NS(=O)(=O)Cc3ccccc3)c2=O)N1CC(=O)O. The molecular weight excluding hydrogens is 462 g/mol. The number of amides is 1. The molecule has 1 aliphatic heterocycles. The Morgan fingerprint density at radius 1 is 1.21 bits per heavy atom. The number of benzene rings is 1. The van der Waals surface area contributed by atoms with Crippen molar-refractivity contribution in [3.63, 3.8) is 0 Å². The molecule has 182 valence electrons. The molecule has 2 unspecified atom stereocenters. The van der Waals surface area contributed by atoms with Gasteiger partial charge in [-0.05, 0) is 31.5 Å². The summed E-state index contributed by atoms with van der Waals surface area (Å²) in [6, 6.07) is 11.1. The second-order valence-electron chi connectivity index (χ2n) is 7.94. The first-order valence-corrected chi connectivity index (χ1v) is 12.1. The van der Waals surface area contributed by atoms with E-state index in [0.717, 1.165) is 0 Å².